The first kappa shape index (κ1) is 7.21. The fourth-order valence-electron chi connectivity index (χ4n) is 0.516. The van der Waals surface area contributed by atoms with Crippen molar-refractivity contribution in [1.29, 1.82) is 0 Å². The van der Waals surface area contributed by atoms with E-state index in [0.717, 1.165) is 13.2 Å². The molecule has 0 aromatic heterocycles. The Labute approximate surface area is 49.6 Å². The van der Waals surface area contributed by atoms with Gasteiger partial charge >= 0.3 is 0 Å². The van der Waals surface area contributed by atoms with Crippen molar-refractivity contribution in [3.63, 3.8) is 0 Å². The molecule has 1 aliphatic heterocycles. The van der Waals surface area contributed by atoms with Gasteiger partial charge in [-0.05, 0) is 12.8 Å². The highest BCUT2D eigenvalue weighted by Gasteiger charge is 1.93. The molecule has 1 rings (SSSR count). The second kappa shape index (κ2) is 4.37. The molecule has 2 nitrogen and oxygen atoms in total. The van der Waals surface area contributed by atoms with Crippen molar-refractivity contribution in [1.82, 2.24) is 5.48 Å². The average molecular weight is 124 g/mol. The lowest BCUT2D eigenvalue weighted by Crippen LogP contribution is -2.22. The third-order valence-corrected chi connectivity index (χ3v) is 0.877. The number of halogens is 1. The lowest BCUT2D eigenvalue weighted by Gasteiger charge is -2.09. The van der Waals surface area contributed by atoms with Crippen LogP contribution in [0.5, 0.6) is 0 Å². The molecule has 3 heteroatoms. The Hall–Kier alpha value is 0.210. The smallest absolute Gasteiger partial charge is 0.0682 e. The molecule has 0 radical (unpaired) electrons. The van der Waals surface area contributed by atoms with Crippen LogP contribution >= 0.6 is 12.4 Å². The van der Waals surface area contributed by atoms with Crippen LogP contribution < -0.4 is 5.48 Å². The maximum Gasteiger partial charge on any atom is 0.0682 e. The Morgan fingerprint density at radius 3 is 2.29 bits per heavy atom. The summed E-state index contributed by atoms with van der Waals surface area (Å²) in [4.78, 5) is 4.82. The van der Waals surface area contributed by atoms with E-state index < -0.39 is 0 Å². The minimum Gasteiger partial charge on any atom is -0.302 e. The Balaban J connectivity index is 0.000000360. The monoisotopic (exact) mass is 123 g/mol. The Morgan fingerprint density at radius 1 is 1.29 bits per heavy atom. The summed E-state index contributed by atoms with van der Waals surface area (Å²) >= 11 is 0. The first-order valence-corrected chi connectivity index (χ1v) is 2.35. The summed E-state index contributed by atoms with van der Waals surface area (Å²) in [7, 11) is 0. The summed E-state index contributed by atoms with van der Waals surface area (Å²) in [5.74, 6) is 0. The summed E-state index contributed by atoms with van der Waals surface area (Å²) in [5.41, 5.74) is 2.78. The normalized spacial score (nSPS) is 20.6. The molecule has 0 atom stereocenters. The summed E-state index contributed by atoms with van der Waals surface area (Å²) in [6.07, 6.45) is 2.48. The molecule has 0 unspecified atom stereocenters. The first-order valence-electron chi connectivity index (χ1n) is 2.35. The Bertz CT molecular complexity index is 27.2. The van der Waals surface area contributed by atoms with Crippen molar-refractivity contribution >= 4 is 12.4 Å². The molecule has 44 valence electrons. The van der Waals surface area contributed by atoms with Crippen LogP contribution in [-0.4, -0.2) is 13.2 Å². The molecule has 1 N–H and O–H groups in total. The topological polar surface area (TPSA) is 21.3 Å². The maximum atomic E-state index is 4.82. The zero-order valence-corrected chi connectivity index (χ0v) is 4.96. The summed E-state index contributed by atoms with van der Waals surface area (Å²) in [6, 6.07) is 0. The quantitative estimate of drug-likeness (QED) is 0.513. The molecule has 1 aliphatic rings. The first-order chi connectivity index (χ1) is 3.00. The van der Waals surface area contributed by atoms with Gasteiger partial charge in [0.15, 0.2) is 0 Å². The predicted molar refractivity (Wildman–Crippen MR) is 30.4 cm³/mol. The third kappa shape index (κ3) is 2.85. The van der Waals surface area contributed by atoms with E-state index in [-0.39, 0.29) is 12.4 Å². The van der Waals surface area contributed by atoms with E-state index in [2.05, 4.69) is 5.48 Å². The van der Waals surface area contributed by atoms with E-state index in [1.165, 1.54) is 12.8 Å². The fourth-order valence-corrected chi connectivity index (χ4v) is 0.516. The van der Waals surface area contributed by atoms with Crippen molar-refractivity contribution in [3.05, 3.63) is 0 Å². The minimum atomic E-state index is 0. The molecular weight excluding hydrogens is 114 g/mol. The second-order valence-corrected chi connectivity index (χ2v) is 1.45. The van der Waals surface area contributed by atoms with Crippen molar-refractivity contribution < 1.29 is 4.84 Å². The zero-order chi connectivity index (χ0) is 4.24. The standard InChI is InChI=1S/C4H9NO.ClH/c1-2-4-6-5-3-1;/h5H,1-4H2;1H. The number of rotatable bonds is 0. The molecule has 0 bridgehead atoms. The molecule has 0 saturated carbocycles. The van der Waals surface area contributed by atoms with Crippen molar-refractivity contribution in [3.8, 4) is 0 Å². The molecule has 1 saturated heterocycles. The van der Waals surface area contributed by atoms with Crippen LogP contribution in [0.1, 0.15) is 12.8 Å². The molecule has 0 aromatic rings. The molecular formula is C4H10ClNO. The highest BCUT2D eigenvalue weighted by molar-refractivity contribution is 5.85. The highest BCUT2D eigenvalue weighted by Crippen LogP contribution is 1.91. The van der Waals surface area contributed by atoms with Gasteiger partial charge < -0.3 is 4.84 Å². The van der Waals surface area contributed by atoms with Crippen molar-refractivity contribution in [2.45, 2.75) is 12.8 Å². The third-order valence-electron chi connectivity index (χ3n) is 0.877. The summed E-state index contributed by atoms with van der Waals surface area (Å²) < 4.78 is 0. The van der Waals surface area contributed by atoms with Crippen LogP contribution in [-0.2, 0) is 4.84 Å². The minimum absolute atomic E-state index is 0. The molecule has 1 heterocycles. The van der Waals surface area contributed by atoms with Gasteiger partial charge in [-0.3, -0.25) is 0 Å². The van der Waals surface area contributed by atoms with E-state index in [1.807, 2.05) is 0 Å². The van der Waals surface area contributed by atoms with Gasteiger partial charge in [0.1, 0.15) is 0 Å². The number of hydrogen-bond donors (Lipinski definition) is 1. The van der Waals surface area contributed by atoms with Gasteiger partial charge in [0.25, 0.3) is 0 Å². The van der Waals surface area contributed by atoms with Crippen molar-refractivity contribution in [2.75, 3.05) is 13.2 Å². The van der Waals surface area contributed by atoms with E-state index in [1.54, 1.807) is 0 Å². The van der Waals surface area contributed by atoms with E-state index >= 15 is 0 Å². The second-order valence-electron chi connectivity index (χ2n) is 1.45. The van der Waals surface area contributed by atoms with Crippen LogP contribution in [0.25, 0.3) is 0 Å². The van der Waals surface area contributed by atoms with Gasteiger partial charge in [0, 0.05) is 6.54 Å². The Morgan fingerprint density at radius 2 is 2.14 bits per heavy atom. The molecule has 1 fully saturated rings. The lowest BCUT2D eigenvalue weighted by atomic mass is 10.3. The van der Waals surface area contributed by atoms with Gasteiger partial charge in [0.05, 0.1) is 6.61 Å². The number of hydrogen-bond acceptors (Lipinski definition) is 2. The van der Waals surface area contributed by atoms with Gasteiger partial charge in [-0.1, -0.05) is 0 Å². The predicted octanol–water partition coefficient (Wildman–Crippen LogP) is 0.723. The Kier molecular flexibility index (Phi) is 4.50. The molecule has 0 aliphatic carbocycles. The maximum absolute atomic E-state index is 4.82. The number of hydroxylamine groups is 1. The van der Waals surface area contributed by atoms with E-state index in [4.69, 9.17) is 4.84 Å². The summed E-state index contributed by atoms with van der Waals surface area (Å²) in [6.45, 7) is 1.92. The van der Waals surface area contributed by atoms with E-state index in [0.29, 0.717) is 0 Å². The van der Waals surface area contributed by atoms with Crippen LogP contribution in [0, 0.1) is 0 Å². The average Bonchev–Trinajstić information content (AvgIpc) is 1.72. The molecule has 7 heavy (non-hydrogen) atoms. The zero-order valence-electron chi connectivity index (χ0n) is 4.14. The molecule has 0 spiro atoms. The largest absolute Gasteiger partial charge is 0.302 e. The van der Waals surface area contributed by atoms with Crippen LogP contribution in [0.4, 0.5) is 0 Å². The van der Waals surface area contributed by atoms with Gasteiger partial charge in [-0.15, -0.1) is 12.4 Å². The number of nitrogens with one attached hydrogen (secondary N) is 1. The van der Waals surface area contributed by atoms with Crippen LogP contribution in [0.15, 0.2) is 0 Å². The van der Waals surface area contributed by atoms with Gasteiger partial charge in [0.2, 0.25) is 0 Å². The van der Waals surface area contributed by atoms with Gasteiger partial charge in [-0.2, -0.15) is 0 Å². The van der Waals surface area contributed by atoms with Crippen molar-refractivity contribution in [2.24, 2.45) is 0 Å². The summed E-state index contributed by atoms with van der Waals surface area (Å²) in [5, 5.41) is 0. The van der Waals surface area contributed by atoms with E-state index in [9.17, 15) is 0 Å². The molecule has 0 aromatic carbocycles. The lowest BCUT2D eigenvalue weighted by molar-refractivity contribution is 0.0128. The van der Waals surface area contributed by atoms with Crippen LogP contribution in [0.2, 0.25) is 0 Å². The van der Waals surface area contributed by atoms with Crippen LogP contribution in [0.3, 0.4) is 0 Å². The fraction of sp³-hybridized carbons (Fsp3) is 1.00. The molecule has 0 amide bonds. The van der Waals surface area contributed by atoms with Gasteiger partial charge in [-0.25, -0.2) is 5.48 Å². The SMILES string of the molecule is C1CCONC1.Cl. The highest BCUT2D eigenvalue weighted by atomic mass is 35.5.